The van der Waals surface area contributed by atoms with E-state index in [1.54, 1.807) is 34.9 Å². The van der Waals surface area contributed by atoms with Gasteiger partial charge in [-0.15, -0.1) is 6.58 Å². The Labute approximate surface area is 193 Å². The number of imidazole rings is 1. The molecule has 7 nitrogen and oxygen atoms in total. The van der Waals surface area contributed by atoms with E-state index >= 15 is 0 Å². The fourth-order valence-electron chi connectivity index (χ4n) is 3.37. The average molecular weight is 472 g/mol. The van der Waals surface area contributed by atoms with E-state index in [0.29, 0.717) is 16.8 Å². The van der Waals surface area contributed by atoms with Gasteiger partial charge >= 0.3 is 0 Å². The summed E-state index contributed by atoms with van der Waals surface area (Å²) < 4.78 is 46.2. The first-order valence-corrected chi connectivity index (χ1v) is 12.0. The zero-order valence-corrected chi connectivity index (χ0v) is 19.2. The molecule has 0 saturated carbocycles. The molecular weight excluding hydrogens is 445 g/mol. The minimum absolute atomic E-state index is 0.0813. The lowest BCUT2D eigenvalue weighted by molar-refractivity contribution is 0.0675. The predicted molar refractivity (Wildman–Crippen MR) is 123 cm³/mol. The fourth-order valence-corrected chi connectivity index (χ4v) is 4.87. The molecule has 1 aromatic heterocycles. The second-order valence-electron chi connectivity index (χ2n) is 7.40. The van der Waals surface area contributed by atoms with Crippen LogP contribution >= 0.6 is 0 Å². The van der Waals surface area contributed by atoms with Crippen LogP contribution in [0.25, 0.3) is 0 Å². The number of nitrogens with zero attached hydrogens (tertiary/aromatic N) is 3. The number of rotatable bonds is 11. The SMILES string of the molecule is C=CCn1c(CN(CCOC)C(=O)c2ccc(F)cc2)cnc1S(=O)(=O)Cc1ccccc1. The second kappa shape index (κ2) is 11.0. The Morgan fingerprint density at radius 3 is 2.52 bits per heavy atom. The van der Waals surface area contributed by atoms with Crippen LogP contribution in [0.15, 0.2) is 78.6 Å². The van der Waals surface area contributed by atoms with Crippen molar-refractivity contribution in [3.05, 3.63) is 96.1 Å². The second-order valence-corrected chi connectivity index (χ2v) is 9.29. The number of carbonyl (C=O) groups excluding carboxylic acids is 1. The fraction of sp³-hybridized carbons (Fsp3) is 0.250. The molecular formula is C24H26FN3O4S. The summed E-state index contributed by atoms with van der Waals surface area (Å²) in [5.74, 6) is -0.956. The third-order valence-corrected chi connectivity index (χ3v) is 6.58. The Hall–Kier alpha value is -3.30. The Bertz CT molecular complexity index is 1190. The van der Waals surface area contributed by atoms with E-state index in [2.05, 4.69) is 11.6 Å². The molecule has 0 bridgehead atoms. The van der Waals surface area contributed by atoms with Gasteiger partial charge in [-0.3, -0.25) is 4.79 Å². The highest BCUT2D eigenvalue weighted by Gasteiger charge is 2.25. The summed E-state index contributed by atoms with van der Waals surface area (Å²) in [7, 11) is -2.22. The standard InChI is InChI=1S/C24H26FN3O4S/c1-3-13-28-22(16-26-24(28)33(30,31)18-19-7-5-4-6-8-19)17-27(14-15-32-2)23(29)20-9-11-21(25)12-10-20/h3-12,16H,1,13-15,17-18H2,2H3. The van der Waals surface area contributed by atoms with Crippen LogP contribution in [0.5, 0.6) is 0 Å². The van der Waals surface area contributed by atoms with Gasteiger partial charge in [0.1, 0.15) is 5.82 Å². The van der Waals surface area contributed by atoms with E-state index in [1.807, 2.05) is 6.07 Å². The maximum absolute atomic E-state index is 13.3. The molecule has 0 fully saturated rings. The highest BCUT2D eigenvalue weighted by molar-refractivity contribution is 7.90. The van der Waals surface area contributed by atoms with Crippen LogP contribution in [0.2, 0.25) is 0 Å². The van der Waals surface area contributed by atoms with E-state index in [4.69, 9.17) is 4.74 Å². The first-order valence-electron chi connectivity index (χ1n) is 10.3. The molecule has 0 unspecified atom stereocenters. The van der Waals surface area contributed by atoms with E-state index in [0.717, 1.165) is 0 Å². The quantitative estimate of drug-likeness (QED) is 0.400. The minimum atomic E-state index is -3.74. The van der Waals surface area contributed by atoms with Gasteiger partial charge in [0.15, 0.2) is 0 Å². The summed E-state index contributed by atoms with van der Waals surface area (Å²) in [6.07, 6.45) is 3.03. The lowest BCUT2D eigenvalue weighted by Gasteiger charge is -2.23. The van der Waals surface area contributed by atoms with Gasteiger partial charge in [-0.1, -0.05) is 36.4 Å². The highest BCUT2D eigenvalue weighted by Crippen LogP contribution is 2.20. The van der Waals surface area contributed by atoms with Crippen molar-refractivity contribution >= 4 is 15.7 Å². The van der Waals surface area contributed by atoms with Crippen molar-refractivity contribution in [3.8, 4) is 0 Å². The highest BCUT2D eigenvalue weighted by atomic mass is 32.2. The van der Waals surface area contributed by atoms with Crippen LogP contribution in [-0.2, 0) is 33.4 Å². The zero-order valence-electron chi connectivity index (χ0n) is 18.4. The van der Waals surface area contributed by atoms with Gasteiger partial charge in [-0.2, -0.15) is 0 Å². The Morgan fingerprint density at radius 2 is 1.88 bits per heavy atom. The van der Waals surface area contributed by atoms with Gasteiger partial charge in [-0.25, -0.2) is 17.8 Å². The van der Waals surface area contributed by atoms with Crippen LogP contribution < -0.4 is 0 Å². The summed E-state index contributed by atoms with van der Waals surface area (Å²) in [4.78, 5) is 18.8. The molecule has 3 rings (SSSR count). The van der Waals surface area contributed by atoms with Crippen molar-refractivity contribution in [2.75, 3.05) is 20.3 Å². The molecule has 0 atom stereocenters. The third-order valence-electron chi connectivity index (χ3n) is 4.99. The van der Waals surface area contributed by atoms with Crippen molar-refractivity contribution in [2.45, 2.75) is 24.0 Å². The number of ether oxygens (including phenoxy) is 1. The number of hydrogen-bond acceptors (Lipinski definition) is 5. The van der Waals surface area contributed by atoms with E-state index < -0.39 is 15.7 Å². The van der Waals surface area contributed by atoms with Gasteiger partial charge in [0.2, 0.25) is 15.0 Å². The molecule has 174 valence electrons. The Balaban J connectivity index is 1.91. The number of benzene rings is 2. The van der Waals surface area contributed by atoms with E-state index in [-0.39, 0.29) is 43.1 Å². The number of aromatic nitrogens is 2. The molecule has 9 heteroatoms. The summed E-state index contributed by atoms with van der Waals surface area (Å²) in [6.45, 7) is 4.57. The van der Waals surface area contributed by atoms with Crippen molar-refractivity contribution < 1.29 is 22.3 Å². The van der Waals surface area contributed by atoms with Crippen LogP contribution in [0.3, 0.4) is 0 Å². The molecule has 0 N–H and O–H groups in total. The summed E-state index contributed by atoms with van der Waals surface area (Å²) in [5, 5.41) is -0.0813. The Kier molecular flexibility index (Phi) is 8.13. The molecule has 0 radical (unpaired) electrons. The number of methoxy groups -OCH3 is 1. The van der Waals surface area contributed by atoms with Crippen LogP contribution in [0.4, 0.5) is 4.39 Å². The van der Waals surface area contributed by atoms with E-state index in [1.165, 1.54) is 42.5 Å². The monoisotopic (exact) mass is 471 g/mol. The van der Waals surface area contributed by atoms with Crippen molar-refractivity contribution in [1.82, 2.24) is 14.5 Å². The number of amides is 1. The lowest BCUT2D eigenvalue weighted by atomic mass is 10.2. The van der Waals surface area contributed by atoms with Crippen LogP contribution in [-0.4, -0.2) is 49.0 Å². The molecule has 0 aliphatic heterocycles. The average Bonchev–Trinajstić information content (AvgIpc) is 3.20. The number of hydrogen-bond donors (Lipinski definition) is 0. The molecule has 0 saturated heterocycles. The molecule has 1 amide bonds. The van der Waals surface area contributed by atoms with Gasteiger partial charge in [0.05, 0.1) is 30.8 Å². The number of sulfone groups is 1. The lowest BCUT2D eigenvalue weighted by Crippen LogP contribution is -2.34. The number of halogens is 1. The summed E-state index contributed by atoms with van der Waals surface area (Å²) in [6, 6.07) is 14.1. The smallest absolute Gasteiger partial charge is 0.254 e. The molecule has 2 aromatic carbocycles. The van der Waals surface area contributed by atoms with Gasteiger partial charge in [0.25, 0.3) is 5.91 Å². The molecule has 0 aliphatic rings. The van der Waals surface area contributed by atoms with Gasteiger partial charge in [-0.05, 0) is 29.8 Å². The van der Waals surface area contributed by atoms with Crippen molar-refractivity contribution in [3.63, 3.8) is 0 Å². The van der Waals surface area contributed by atoms with Crippen LogP contribution in [0, 0.1) is 5.82 Å². The minimum Gasteiger partial charge on any atom is -0.383 e. The maximum atomic E-state index is 13.3. The van der Waals surface area contributed by atoms with Gasteiger partial charge < -0.3 is 14.2 Å². The first-order chi connectivity index (χ1) is 15.9. The van der Waals surface area contributed by atoms with Gasteiger partial charge in [0, 0.05) is 25.8 Å². The Morgan fingerprint density at radius 1 is 1.18 bits per heavy atom. The summed E-state index contributed by atoms with van der Waals surface area (Å²) in [5.41, 5.74) is 1.51. The van der Waals surface area contributed by atoms with Crippen molar-refractivity contribution in [2.24, 2.45) is 0 Å². The molecule has 3 aromatic rings. The molecule has 0 aliphatic carbocycles. The number of allylic oxidation sites excluding steroid dienone is 1. The predicted octanol–water partition coefficient (Wildman–Crippen LogP) is 3.47. The molecule has 33 heavy (non-hydrogen) atoms. The normalized spacial score (nSPS) is 11.3. The van der Waals surface area contributed by atoms with Crippen molar-refractivity contribution in [1.29, 1.82) is 0 Å². The number of carbonyl (C=O) groups is 1. The molecule has 0 spiro atoms. The largest absolute Gasteiger partial charge is 0.383 e. The van der Waals surface area contributed by atoms with E-state index in [9.17, 15) is 17.6 Å². The topological polar surface area (TPSA) is 81.5 Å². The molecule has 1 heterocycles. The third kappa shape index (κ3) is 6.15. The van der Waals surface area contributed by atoms with Crippen LogP contribution in [0.1, 0.15) is 21.6 Å². The maximum Gasteiger partial charge on any atom is 0.254 e. The zero-order chi connectivity index (χ0) is 23.8. The summed E-state index contributed by atoms with van der Waals surface area (Å²) >= 11 is 0. The first kappa shape index (κ1) is 24.3.